The lowest BCUT2D eigenvalue weighted by molar-refractivity contribution is -0.133. The maximum Gasteiger partial charge on any atom is 0.254 e. The topological polar surface area (TPSA) is 49.9 Å². The second-order valence-corrected chi connectivity index (χ2v) is 9.43. The van der Waals surface area contributed by atoms with Crippen LogP contribution < -0.4 is 0 Å². The number of methoxy groups -OCH3 is 1. The van der Waals surface area contributed by atoms with Crippen LogP contribution in [0.3, 0.4) is 0 Å². The first-order valence-corrected chi connectivity index (χ1v) is 12.1. The molecule has 3 rings (SSSR count). The highest BCUT2D eigenvalue weighted by Crippen LogP contribution is 2.24. The summed E-state index contributed by atoms with van der Waals surface area (Å²) in [6.45, 7) is 3.49. The Morgan fingerprint density at radius 2 is 1.73 bits per heavy atom. The van der Waals surface area contributed by atoms with E-state index < -0.39 is 0 Å². The largest absolute Gasteiger partial charge is 0.383 e. The smallest absolute Gasteiger partial charge is 0.254 e. The Hall–Kier alpha value is -2.38. The van der Waals surface area contributed by atoms with Gasteiger partial charge in [0, 0.05) is 30.6 Å². The molecule has 0 aliphatic heterocycles. The number of ether oxygens (including phenoxy) is 1. The molecule has 0 aliphatic carbocycles. The molecule has 0 spiro atoms. The zero-order chi connectivity index (χ0) is 23.8. The van der Waals surface area contributed by atoms with Crippen LogP contribution in [0.4, 0.5) is 0 Å². The zero-order valence-corrected chi connectivity index (χ0v) is 20.9. The summed E-state index contributed by atoms with van der Waals surface area (Å²) in [6.07, 6.45) is 0. The van der Waals surface area contributed by atoms with Gasteiger partial charge in [-0.3, -0.25) is 9.59 Å². The van der Waals surface area contributed by atoms with Crippen molar-refractivity contribution in [2.24, 2.45) is 0 Å². The summed E-state index contributed by atoms with van der Waals surface area (Å²) in [6, 6.07) is 16.6. The average Bonchev–Trinajstić information content (AvgIpc) is 3.22. The molecule has 3 aromatic rings. The van der Waals surface area contributed by atoms with Crippen molar-refractivity contribution in [2.75, 3.05) is 26.8 Å². The number of rotatable bonds is 10. The third-order valence-corrected chi connectivity index (χ3v) is 6.96. The van der Waals surface area contributed by atoms with Crippen LogP contribution in [0.1, 0.15) is 26.4 Å². The minimum absolute atomic E-state index is 0.0697. The Kier molecular flexibility index (Phi) is 9.32. The first-order chi connectivity index (χ1) is 15.9. The number of halogens is 2. The number of thiophene rings is 1. The van der Waals surface area contributed by atoms with E-state index in [4.69, 9.17) is 27.9 Å². The monoisotopic (exact) mass is 504 g/mol. The molecule has 0 N–H and O–H groups in total. The molecule has 33 heavy (non-hydrogen) atoms. The van der Waals surface area contributed by atoms with Crippen LogP contribution in [0.2, 0.25) is 10.0 Å². The third kappa shape index (κ3) is 7.05. The van der Waals surface area contributed by atoms with Gasteiger partial charge in [0.05, 0.1) is 23.2 Å². The fourth-order valence-electron chi connectivity index (χ4n) is 3.30. The molecule has 0 atom stereocenters. The lowest BCUT2D eigenvalue weighted by atomic mass is 10.2. The average molecular weight is 505 g/mol. The van der Waals surface area contributed by atoms with E-state index in [9.17, 15) is 9.59 Å². The van der Waals surface area contributed by atoms with E-state index in [-0.39, 0.29) is 24.9 Å². The van der Waals surface area contributed by atoms with Crippen molar-refractivity contribution >= 4 is 46.4 Å². The van der Waals surface area contributed by atoms with Crippen LogP contribution >= 0.6 is 34.5 Å². The molecule has 1 aromatic heterocycles. The first-order valence-electron chi connectivity index (χ1n) is 10.5. The molecule has 0 bridgehead atoms. The number of carbonyl (C=O) groups is 2. The van der Waals surface area contributed by atoms with E-state index in [0.29, 0.717) is 35.3 Å². The zero-order valence-electron chi connectivity index (χ0n) is 18.6. The normalized spacial score (nSPS) is 10.8. The second kappa shape index (κ2) is 12.2. The van der Waals surface area contributed by atoms with Crippen molar-refractivity contribution in [2.45, 2.75) is 20.0 Å². The molecule has 0 unspecified atom stereocenters. The molecule has 8 heteroatoms. The van der Waals surface area contributed by atoms with E-state index in [1.807, 2.05) is 48.7 Å². The standard InChI is InChI=1S/C25H26Cl2N2O3S/c1-18-10-13-33-23(18)16-29(15-19-6-4-3-5-7-19)24(30)17-28(11-12-32-2)25(31)20-8-9-21(26)22(27)14-20/h3-10,13-14H,11-12,15-17H2,1-2H3. The Labute approximate surface area is 208 Å². The molecular formula is C25H26Cl2N2O3S. The molecule has 2 amide bonds. The van der Waals surface area contributed by atoms with Crippen molar-refractivity contribution < 1.29 is 14.3 Å². The van der Waals surface area contributed by atoms with Gasteiger partial charge in [0.15, 0.2) is 0 Å². The summed E-state index contributed by atoms with van der Waals surface area (Å²) < 4.78 is 5.18. The van der Waals surface area contributed by atoms with Gasteiger partial charge in [0.2, 0.25) is 5.91 Å². The highest BCUT2D eigenvalue weighted by molar-refractivity contribution is 7.10. The predicted molar refractivity (Wildman–Crippen MR) is 134 cm³/mol. The number of nitrogens with zero attached hydrogens (tertiary/aromatic N) is 2. The van der Waals surface area contributed by atoms with Crippen LogP contribution in [0.25, 0.3) is 0 Å². The molecule has 2 aromatic carbocycles. The van der Waals surface area contributed by atoms with Crippen LogP contribution in [0.15, 0.2) is 60.0 Å². The van der Waals surface area contributed by atoms with Gasteiger partial charge in [-0.25, -0.2) is 0 Å². The fourth-order valence-corrected chi connectivity index (χ4v) is 4.52. The predicted octanol–water partition coefficient (Wildman–Crippen LogP) is 5.68. The molecule has 0 fully saturated rings. The number of hydrogen-bond acceptors (Lipinski definition) is 4. The van der Waals surface area contributed by atoms with Crippen LogP contribution in [0, 0.1) is 6.92 Å². The van der Waals surface area contributed by atoms with Crippen molar-refractivity contribution in [3.8, 4) is 0 Å². The molecule has 5 nitrogen and oxygen atoms in total. The summed E-state index contributed by atoms with van der Waals surface area (Å²) >= 11 is 13.7. The Bertz CT molecular complexity index is 1090. The van der Waals surface area contributed by atoms with Crippen LogP contribution in [-0.2, 0) is 22.6 Å². The van der Waals surface area contributed by atoms with E-state index in [1.54, 1.807) is 35.5 Å². The fraction of sp³-hybridized carbons (Fsp3) is 0.280. The summed E-state index contributed by atoms with van der Waals surface area (Å²) in [5.74, 6) is -0.443. The molecule has 0 saturated heterocycles. The van der Waals surface area contributed by atoms with Gasteiger partial charge in [-0.2, -0.15) is 0 Å². The van der Waals surface area contributed by atoms with Gasteiger partial charge < -0.3 is 14.5 Å². The van der Waals surface area contributed by atoms with Crippen molar-refractivity contribution in [3.63, 3.8) is 0 Å². The van der Waals surface area contributed by atoms with Crippen LogP contribution in [0.5, 0.6) is 0 Å². The van der Waals surface area contributed by atoms with Crippen molar-refractivity contribution in [3.05, 3.63) is 91.6 Å². The van der Waals surface area contributed by atoms with Crippen molar-refractivity contribution in [1.82, 2.24) is 9.80 Å². The highest BCUT2D eigenvalue weighted by Gasteiger charge is 2.24. The Balaban J connectivity index is 1.82. The SMILES string of the molecule is COCCN(CC(=O)N(Cc1ccccc1)Cc1sccc1C)C(=O)c1ccc(Cl)c(Cl)c1. The number of hydrogen-bond donors (Lipinski definition) is 0. The van der Waals surface area contributed by atoms with Crippen LogP contribution in [-0.4, -0.2) is 48.4 Å². The molecule has 174 valence electrons. The van der Waals surface area contributed by atoms with E-state index in [1.165, 1.54) is 11.0 Å². The lowest BCUT2D eigenvalue weighted by Gasteiger charge is -2.28. The number of benzene rings is 2. The summed E-state index contributed by atoms with van der Waals surface area (Å²) in [5.41, 5.74) is 2.55. The van der Waals surface area contributed by atoms with Gasteiger partial charge >= 0.3 is 0 Å². The summed E-state index contributed by atoms with van der Waals surface area (Å²) in [7, 11) is 1.56. The second-order valence-electron chi connectivity index (χ2n) is 7.61. The van der Waals surface area contributed by atoms with Gasteiger partial charge in [-0.15, -0.1) is 11.3 Å². The van der Waals surface area contributed by atoms with Gasteiger partial charge in [-0.1, -0.05) is 53.5 Å². The minimum atomic E-state index is -0.300. The molecular weight excluding hydrogens is 479 g/mol. The van der Waals surface area contributed by atoms with E-state index in [2.05, 4.69) is 0 Å². The van der Waals surface area contributed by atoms with Gasteiger partial charge in [0.1, 0.15) is 6.54 Å². The molecule has 1 heterocycles. The highest BCUT2D eigenvalue weighted by atomic mass is 35.5. The van der Waals surface area contributed by atoms with E-state index >= 15 is 0 Å². The van der Waals surface area contributed by atoms with E-state index in [0.717, 1.165) is 16.0 Å². The quantitative estimate of drug-likeness (QED) is 0.356. The summed E-state index contributed by atoms with van der Waals surface area (Å²) in [4.78, 5) is 31.1. The third-order valence-electron chi connectivity index (χ3n) is 5.22. The molecule has 0 saturated carbocycles. The summed E-state index contributed by atoms with van der Waals surface area (Å²) in [5, 5.41) is 2.68. The first kappa shape index (κ1) is 25.2. The molecule has 0 radical (unpaired) electrons. The van der Waals surface area contributed by atoms with Gasteiger partial charge in [0.25, 0.3) is 5.91 Å². The van der Waals surface area contributed by atoms with Crippen molar-refractivity contribution in [1.29, 1.82) is 0 Å². The maximum absolute atomic E-state index is 13.5. The number of amides is 2. The number of aryl methyl sites for hydroxylation is 1. The molecule has 0 aliphatic rings. The Morgan fingerprint density at radius 1 is 0.970 bits per heavy atom. The minimum Gasteiger partial charge on any atom is -0.383 e. The Morgan fingerprint density at radius 3 is 2.36 bits per heavy atom. The lowest BCUT2D eigenvalue weighted by Crippen LogP contribution is -2.43. The maximum atomic E-state index is 13.5. The van der Waals surface area contributed by atoms with Gasteiger partial charge in [-0.05, 0) is 47.7 Å². The number of carbonyl (C=O) groups excluding carboxylic acids is 2.